The predicted octanol–water partition coefficient (Wildman–Crippen LogP) is 5.54. The van der Waals surface area contributed by atoms with E-state index in [4.69, 9.17) is 4.74 Å². The van der Waals surface area contributed by atoms with Crippen molar-refractivity contribution in [2.24, 2.45) is 11.3 Å². The lowest BCUT2D eigenvalue weighted by Crippen LogP contribution is -2.53. The minimum Gasteiger partial charge on any atom is -0.497 e. The molecule has 1 saturated heterocycles. The van der Waals surface area contributed by atoms with Gasteiger partial charge in [0.25, 0.3) is 0 Å². The van der Waals surface area contributed by atoms with Crippen molar-refractivity contribution in [1.82, 2.24) is 9.88 Å². The number of aromatic amines is 1. The van der Waals surface area contributed by atoms with Crippen LogP contribution in [0, 0.1) is 11.3 Å². The van der Waals surface area contributed by atoms with Gasteiger partial charge in [0.15, 0.2) is 0 Å². The summed E-state index contributed by atoms with van der Waals surface area (Å²) in [5.41, 5.74) is 4.71. The Hall–Kier alpha value is -2.79. The standard InChI is InChI=1S/C27H33N3O2/c1-4-27(18(2)26(31)28-19-10-12-20(32-3)13-11-19)15-7-16-30-17-14-22-21-8-5-6-9-23(21)29-24(22)25(27)30/h5-6,8-13,18,25,29H,4,7,14-17H2,1-3H3,(H,28,31)/t18?,25-,27+/m1/s1. The Morgan fingerprint density at radius 3 is 2.75 bits per heavy atom. The van der Waals surface area contributed by atoms with Crippen LogP contribution < -0.4 is 10.1 Å². The first-order valence-electron chi connectivity index (χ1n) is 11.9. The molecule has 3 atom stereocenters. The lowest BCUT2D eigenvalue weighted by atomic mass is 9.61. The number of nitrogens with zero attached hydrogens (tertiary/aromatic N) is 1. The van der Waals surface area contributed by atoms with E-state index in [0.29, 0.717) is 0 Å². The molecule has 3 aromatic rings. The molecule has 1 fully saturated rings. The van der Waals surface area contributed by atoms with E-state index < -0.39 is 0 Å². The van der Waals surface area contributed by atoms with Gasteiger partial charge in [-0.1, -0.05) is 32.0 Å². The van der Waals surface area contributed by atoms with Gasteiger partial charge in [0.2, 0.25) is 5.91 Å². The van der Waals surface area contributed by atoms with Crippen molar-refractivity contribution in [2.75, 3.05) is 25.5 Å². The van der Waals surface area contributed by atoms with Crippen molar-refractivity contribution in [3.05, 3.63) is 59.8 Å². The molecule has 2 aromatic carbocycles. The fourth-order valence-electron chi connectivity index (χ4n) is 6.25. The molecule has 1 amide bonds. The Morgan fingerprint density at radius 1 is 1.22 bits per heavy atom. The third-order valence-corrected chi connectivity index (χ3v) is 8.04. The zero-order valence-corrected chi connectivity index (χ0v) is 19.3. The van der Waals surface area contributed by atoms with E-state index in [0.717, 1.165) is 50.2 Å². The number of anilines is 1. The van der Waals surface area contributed by atoms with Crippen molar-refractivity contribution >= 4 is 22.5 Å². The van der Waals surface area contributed by atoms with Crippen LogP contribution in [-0.2, 0) is 11.2 Å². The largest absolute Gasteiger partial charge is 0.497 e. The molecule has 5 rings (SSSR count). The maximum absolute atomic E-state index is 13.5. The first kappa shape index (κ1) is 21.1. The van der Waals surface area contributed by atoms with E-state index in [2.05, 4.69) is 53.3 Å². The number of fused-ring (bicyclic) bond motifs is 5. The number of nitrogens with one attached hydrogen (secondary N) is 2. The van der Waals surface area contributed by atoms with Crippen LogP contribution in [0.1, 0.15) is 50.4 Å². The van der Waals surface area contributed by atoms with Gasteiger partial charge in [-0.3, -0.25) is 9.69 Å². The molecular formula is C27H33N3O2. The summed E-state index contributed by atoms with van der Waals surface area (Å²) >= 11 is 0. The highest BCUT2D eigenvalue weighted by Gasteiger charge is 2.52. The highest BCUT2D eigenvalue weighted by Crippen LogP contribution is 2.55. The van der Waals surface area contributed by atoms with E-state index >= 15 is 0 Å². The van der Waals surface area contributed by atoms with E-state index in [9.17, 15) is 4.79 Å². The van der Waals surface area contributed by atoms with Crippen LogP contribution in [0.2, 0.25) is 0 Å². The number of hydrogen-bond acceptors (Lipinski definition) is 3. The normalized spacial score (nSPS) is 23.9. The Kier molecular flexibility index (Phi) is 5.46. The van der Waals surface area contributed by atoms with Crippen molar-refractivity contribution < 1.29 is 9.53 Å². The smallest absolute Gasteiger partial charge is 0.227 e. The molecule has 5 heteroatoms. The average Bonchev–Trinajstić information content (AvgIpc) is 3.22. The Balaban J connectivity index is 1.50. The Bertz CT molecular complexity index is 1120. The first-order valence-corrected chi connectivity index (χ1v) is 11.9. The number of ether oxygens (including phenoxy) is 1. The summed E-state index contributed by atoms with van der Waals surface area (Å²) in [6.45, 7) is 6.56. The van der Waals surface area contributed by atoms with Crippen molar-refractivity contribution in [2.45, 2.75) is 45.6 Å². The highest BCUT2D eigenvalue weighted by molar-refractivity contribution is 5.93. The van der Waals surface area contributed by atoms with Crippen LogP contribution in [0.15, 0.2) is 48.5 Å². The molecule has 168 valence electrons. The average molecular weight is 432 g/mol. The zero-order chi connectivity index (χ0) is 22.3. The van der Waals surface area contributed by atoms with Gasteiger partial charge in [0.1, 0.15) is 5.75 Å². The number of carbonyl (C=O) groups is 1. The molecule has 0 bridgehead atoms. The molecule has 32 heavy (non-hydrogen) atoms. The maximum Gasteiger partial charge on any atom is 0.227 e. The summed E-state index contributed by atoms with van der Waals surface area (Å²) in [5.74, 6) is 0.777. The number of hydrogen-bond donors (Lipinski definition) is 2. The van der Waals surface area contributed by atoms with Gasteiger partial charge in [-0.2, -0.15) is 0 Å². The second-order valence-electron chi connectivity index (χ2n) is 9.38. The molecule has 0 saturated carbocycles. The predicted molar refractivity (Wildman–Crippen MR) is 129 cm³/mol. The molecule has 5 nitrogen and oxygen atoms in total. The van der Waals surface area contributed by atoms with Crippen molar-refractivity contribution in [1.29, 1.82) is 0 Å². The molecule has 2 aliphatic rings. The second kappa shape index (κ2) is 8.28. The summed E-state index contributed by atoms with van der Waals surface area (Å²) in [5, 5.41) is 4.51. The van der Waals surface area contributed by atoms with E-state index in [1.807, 2.05) is 24.3 Å². The van der Waals surface area contributed by atoms with Crippen molar-refractivity contribution in [3.63, 3.8) is 0 Å². The summed E-state index contributed by atoms with van der Waals surface area (Å²) in [7, 11) is 1.65. The SMILES string of the molecule is CC[C@@]1(C(C)C(=O)Nc2ccc(OC)cc2)CCCN2CCc3c([nH]c4ccccc34)[C@@H]21. The third kappa shape index (κ3) is 3.30. The number of benzene rings is 2. The summed E-state index contributed by atoms with van der Waals surface area (Å²) in [4.78, 5) is 19.9. The van der Waals surface area contributed by atoms with Gasteiger partial charge in [-0.15, -0.1) is 0 Å². The van der Waals surface area contributed by atoms with Gasteiger partial charge in [-0.05, 0) is 68.1 Å². The Labute approximate surface area is 190 Å². The molecule has 2 aliphatic heterocycles. The summed E-state index contributed by atoms with van der Waals surface area (Å²) < 4.78 is 5.25. The molecule has 0 aliphatic carbocycles. The van der Waals surface area contributed by atoms with Crippen LogP contribution in [0.4, 0.5) is 5.69 Å². The van der Waals surface area contributed by atoms with Crippen LogP contribution in [0.5, 0.6) is 5.75 Å². The molecule has 1 unspecified atom stereocenters. The minimum absolute atomic E-state index is 0.0992. The van der Waals surface area contributed by atoms with Crippen LogP contribution in [0.25, 0.3) is 10.9 Å². The van der Waals surface area contributed by atoms with Gasteiger partial charge in [0.05, 0.1) is 13.2 Å². The number of H-pyrrole nitrogens is 1. The number of amides is 1. The fraction of sp³-hybridized carbons (Fsp3) is 0.444. The molecule has 0 spiro atoms. The molecule has 1 aromatic heterocycles. The summed E-state index contributed by atoms with van der Waals surface area (Å²) in [6.07, 6.45) is 4.25. The number of carbonyl (C=O) groups excluding carboxylic acids is 1. The van der Waals surface area contributed by atoms with Gasteiger partial charge < -0.3 is 15.0 Å². The molecule has 0 radical (unpaired) electrons. The third-order valence-electron chi connectivity index (χ3n) is 8.04. The zero-order valence-electron chi connectivity index (χ0n) is 19.3. The minimum atomic E-state index is -0.111. The number of para-hydroxylation sites is 1. The lowest BCUT2D eigenvalue weighted by Gasteiger charge is -2.54. The quantitative estimate of drug-likeness (QED) is 0.558. The number of rotatable bonds is 5. The van der Waals surface area contributed by atoms with Crippen molar-refractivity contribution in [3.8, 4) is 5.75 Å². The Morgan fingerprint density at radius 2 is 2.00 bits per heavy atom. The fourth-order valence-corrected chi connectivity index (χ4v) is 6.25. The van der Waals surface area contributed by atoms with Crippen LogP contribution in [0.3, 0.4) is 0 Å². The molecule has 2 N–H and O–H groups in total. The van der Waals surface area contributed by atoms with Gasteiger partial charge >= 0.3 is 0 Å². The maximum atomic E-state index is 13.5. The van der Waals surface area contributed by atoms with E-state index in [1.165, 1.54) is 22.2 Å². The number of piperidine rings is 1. The van der Waals surface area contributed by atoms with Crippen LogP contribution in [-0.4, -0.2) is 36.0 Å². The first-order chi connectivity index (χ1) is 15.6. The molecule has 3 heterocycles. The summed E-state index contributed by atoms with van der Waals surface area (Å²) in [6, 6.07) is 16.5. The highest BCUT2D eigenvalue weighted by atomic mass is 16.5. The van der Waals surface area contributed by atoms with E-state index in [1.54, 1.807) is 7.11 Å². The lowest BCUT2D eigenvalue weighted by molar-refractivity contribution is -0.129. The topological polar surface area (TPSA) is 57.4 Å². The number of methoxy groups -OCH3 is 1. The van der Waals surface area contributed by atoms with Gasteiger partial charge in [0, 0.05) is 40.2 Å². The number of aromatic nitrogens is 1. The second-order valence-corrected chi connectivity index (χ2v) is 9.38. The van der Waals surface area contributed by atoms with E-state index in [-0.39, 0.29) is 23.3 Å². The van der Waals surface area contributed by atoms with Gasteiger partial charge in [-0.25, -0.2) is 0 Å². The molecular weight excluding hydrogens is 398 g/mol. The van der Waals surface area contributed by atoms with Crippen LogP contribution >= 0.6 is 0 Å². The monoisotopic (exact) mass is 431 g/mol.